The van der Waals surface area contributed by atoms with E-state index < -0.39 is 5.60 Å². The number of nitrogens with zero attached hydrogens (tertiary/aromatic N) is 4. The highest BCUT2D eigenvalue weighted by Crippen LogP contribution is 2.34. The molecule has 25 heavy (non-hydrogen) atoms. The predicted octanol–water partition coefficient (Wildman–Crippen LogP) is 1.13. The summed E-state index contributed by atoms with van der Waals surface area (Å²) < 4.78 is 19.2. The van der Waals surface area contributed by atoms with E-state index in [0.717, 1.165) is 13.0 Å². The third kappa shape index (κ3) is 3.32. The van der Waals surface area contributed by atoms with E-state index in [2.05, 4.69) is 10.2 Å². The molecule has 8 nitrogen and oxygen atoms in total. The quantitative estimate of drug-likeness (QED) is 0.828. The minimum absolute atomic E-state index is 0.0259. The molecule has 1 spiro atoms. The molecule has 4 rings (SSSR count). The van der Waals surface area contributed by atoms with E-state index in [1.807, 2.05) is 9.47 Å². The Kier molecular flexibility index (Phi) is 4.30. The molecule has 0 unspecified atom stereocenters. The SMILES string of the molecule is Cc1occc1C(=O)N1CCOC[C@]2(C[C@H](Cn3cnnc3)CO2)C1. The Morgan fingerprint density at radius 2 is 2.24 bits per heavy atom. The van der Waals surface area contributed by atoms with Gasteiger partial charge in [0.25, 0.3) is 5.91 Å². The van der Waals surface area contributed by atoms with Gasteiger partial charge in [-0.1, -0.05) is 0 Å². The molecule has 8 heteroatoms. The fraction of sp³-hybridized carbons (Fsp3) is 0.588. The van der Waals surface area contributed by atoms with Gasteiger partial charge >= 0.3 is 0 Å². The van der Waals surface area contributed by atoms with Crippen molar-refractivity contribution in [2.24, 2.45) is 5.92 Å². The van der Waals surface area contributed by atoms with Gasteiger partial charge in [-0.2, -0.15) is 0 Å². The second-order valence-electron chi connectivity index (χ2n) is 6.89. The van der Waals surface area contributed by atoms with E-state index >= 15 is 0 Å². The fourth-order valence-corrected chi connectivity index (χ4v) is 3.74. The molecule has 1 amide bonds. The Hall–Kier alpha value is -2.19. The molecule has 0 saturated carbocycles. The molecule has 0 aromatic carbocycles. The Morgan fingerprint density at radius 1 is 1.40 bits per heavy atom. The monoisotopic (exact) mass is 346 g/mol. The fourth-order valence-electron chi connectivity index (χ4n) is 3.74. The molecule has 2 atom stereocenters. The van der Waals surface area contributed by atoms with Crippen molar-refractivity contribution >= 4 is 5.91 Å². The molecule has 2 aliphatic rings. The average Bonchev–Trinajstić information content (AvgIpc) is 3.30. The van der Waals surface area contributed by atoms with Crippen LogP contribution in [0.25, 0.3) is 0 Å². The zero-order valence-corrected chi connectivity index (χ0v) is 14.3. The van der Waals surface area contributed by atoms with Crippen LogP contribution in [-0.2, 0) is 16.0 Å². The summed E-state index contributed by atoms with van der Waals surface area (Å²) >= 11 is 0. The number of furan rings is 1. The van der Waals surface area contributed by atoms with Gasteiger partial charge in [0.05, 0.1) is 38.2 Å². The van der Waals surface area contributed by atoms with Gasteiger partial charge in [-0.3, -0.25) is 4.79 Å². The van der Waals surface area contributed by atoms with Crippen molar-refractivity contribution in [2.75, 3.05) is 32.9 Å². The van der Waals surface area contributed by atoms with Crippen molar-refractivity contribution in [1.29, 1.82) is 0 Å². The summed E-state index contributed by atoms with van der Waals surface area (Å²) in [5.41, 5.74) is 0.166. The third-order valence-electron chi connectivity index (χ3n) is 4.95. The number of carbonyl (C=O) groups is 1. The zero-order chi connectivity index (χ0) is 17.3. The molecular formula is C17H22N4O4. The van der Waals surface area contributed by atoms with Crippen molar-refractivity contribution < 1.29 is 18.7 Å². The largest absolute Gasteiger partial charge is 0.469 e. The smallest absolute Gasteiger partial charge is 0.257 e. The lowest BCUT2D eigenvalue weighted by Gasteiger charge is -2.31. The molecule has 0 bridgehead atoms. The van der Waals surface area contributed by atoms with Crippen LogP contribution < -0.4 is 0 Å². The van der Waals surface area contributed by atoms with E-state index in [9.17, 15) is 4.79 Å². The molecule has 0 radical (unpaired) electrons. The number of hydrogen-bond donors (Lipinski definition) is 0. The van der Waals surface area contributed by atoms with Gasteiger partial charge in [0.2, 0.25) is 0 Å². The first-order valence-corrected chi connectivity index (χ1v) is 8.53. The van der Waals surface area contributed by atoms with Crippen molar-refractivity contribution in [3.63, 3.8) is 0 Å². The molecule has 2 aliphatic heterocycles. The Labute approximate surface area is 145 Å². The summed E-state index contributed by atoms with van der Waals surface area (Å²) in [5, 5.41) is 7.68. The number of carbonyl (C=O) groups excluding carboxylic acids is 1. The van der Waals surface area contributed by atoms with E-state index in [1.165, 1.54) is 0 Å². The summed E-state index contributed by atoms with van der Waals surface area (Å²) in [6.45, 7) is 5.39. The first kappa shape index (κ1) is 16.3. The molecule has 134 valence electrons. The van der Waals surface area contributed by atoms with Crippen LogP contribution in [0.4, 0.5) is 0 Å². The molecule has 2 aromatic heterocycles. The highest BCUT2D eigenvalue weighted by molar-refractivity contribution is 5.95. The average molecular weight is 346 g/mol. The summed E-state index contributed by atoms with van der Waals surface area (Å²) in [4.78, 5) is 14.7. The number of ether oxygens (including phenoxy) is 2. The minimum atomic E-state index is -0.442. The molecule has 2 saturated heterocycles. The predicted molar refractivity (Wildman–Crippen MR) is 87.0 cm³/mol. The van der Waals surface area contributed by atoms with Crippen LogP contribution in [0.5, 0.6) is 0 Å². The van der Waals surface area contributed by atoms with E-state index in [1.54, 1.807) is 31.9 Å². The number of rotatable bonds is 3. The van der Waals surface area contributed by atoms with Crippen LogP contribution >= 0.6 is 0 Å². The summed E-state index contributed by atoms with van der Waals surface area (Å²) in [6.07, 6.45) is 5.82. The second kappa shape index (κ2) is 6.61. The zero-order valence-electron chi connectivity index (χ0n) is 14.3. The number of aryl methyl sites for hydroxylation is 1. The van der Waals surface area contributed by atoms with Gasteiger partial charge in [-0.05, 0) is 19.4 Å². The normalized spacial score (nSPS) is 26.9. The first-order chi connectivity index (χ1) is 12.2. The second-order valence-corrected chi connectivity index (χ2v) is 6.89. The van der Waals surface area contributed by atoms with Crippen LogP contribution in [-0.4, -0.2) is 64.1 Å². The lowest BCUT2D eigenvalue weighted by atomic mass is 9.94. The number of aromatic nitrogens is 3. The maximum absolute atomic E-state index is 12.8. The van der Waals surface area contributed by atoms with Crippen LogP contribution in [0, 0.1) is 12.8 Å². The molecular weight excluding hydrogens is 324 g/mol. The van der Waals surface area contributed by atoms with Crippen LogP contribution in [0.2, 0.25) is 0 Å². The van der Waals surface area contributed by atoms with Gasteiger partial charge in [0.1, 0.15) is 24.0 Å². The Morgan fingerprint density at radius 3 is 3.00 bits per heavy atom. The first-order valence-electron chi connectivity index (χ1n) is 8.53. The maximum atomic E-state index is 12.8. The van der Waals surface area contributed by atoms with E-state index in [-0.39, 0.29) is 5.91 Å². The van der Waals surface area contributed by atoms with Crippen molar-refractivity contribution in [3.8, 4) is 0 Å². The van der Waals surface area contributed by atoms with Crippen molar-refractivity contribution in [2.45, 2.75) is 25.5 Å². The van der Waals surface area contributed by atoms with Gasteiger partial charge in [-0.15, -0.1) is 10.2 Å². The third-order valence-corrected chi connectivity index (χ3v) is 4.95. The van der Waals surface area contributed by atoms with Crippen LogP contribution in [0.1, 0.15) is 22.5 Å². The molecule has 0 aliphatic carbocycles. The summed E-state index contributed by atoms with van der Waals surface area (Å²) in [6, 6.07) is 1.72. The lowest BCUT2D eigenvalue weighted by molar-refractivity contribution is -0.0539. The standard InChI is InChI=1S/C17H22N4O4/c1-13-15(2-4-24-13)16(22)21-3-5-23-10-17(9-21)6-14(8-25-17)7-20-11-18-19-12-20/h2,4,11-12,14H,3,5-10H2,1H3/t14-,17+/m1/s1. The highest BCUT2D eigenvalue weighted by atomic mass is 16.5. The summed E-state index contributed by atoms with van der Waals surface area (Å²) in [7, 11) is 0. The van der Waals surface area contributed by atoms with Crippen LogP contribution in [0.3, 0.4) is 0 Å². The summed E-state index contributed by atoms with van der Waals surface area (Å²) in [5.74, 6) is 0.967. The van der Waals surface area contributed by atoms with Gasteiger partial charge in [0, 0.05) is 19.0 Å². The Bertz CT molecular complexity index is 729. The molecule has 2 fully saturated rings. The lowest BCUT2D eigenvalue weighted by Crippen LogP contribution is -2.46. The molecule has 0 N–H and O–H groups in total. The number of amides is 1. The Balaban J connectivity index is 1.46. The van der Waals surface area contributed by atoms with Crippen molar-refractivity contribution in [3.05, 3.63) is 36.3 Å². The maximum Gasteiger partial charge on any atom is 0.257 e. The highest BCUT2D eigenvalue weighted by Gasteiger charge is 2.44. The molecule has 4 heterocycles. The molecule has 2 aromatic rings. The topological polar surface area (TPSA) is 82.6 Å². The van der Waals surface area contributed by atoms with Gasteiger partial charge in [0.15, 0.2) is 0 Å². The van der Waals surface area contributed by atoms with Gasteiger partial charge in [-0.25, -0.2) is 0 Å². The number of hydrogen-bond acceptors (Lipinski definition) is 6. The van der Waals surface area contributed by atoms with Crippen molar-refractivity contribution in [1.82, 2.24) is 19.7 Å². The van der Waals surface area contributed by atoms with E-state index in [4.69, 9.17) is 13.9 Å². The van der Waals surface area contributed by atoms with Gasteiger partial charge < -0.3 is 23.4 Å². The van der Waals surface area contributed by atoms with Crippen LogP contribution in [0.15, 0.2) is 29.4 Å². The van der Waals surface area contributed by atoms with E-state index in [0.29, 0.717) is 50.2 Å². The minimum Gasteiger partial charge on any atom is -0.469 e.